The van der Waals surface area contributed by atoms with Gasteiger partial charge in [0.15, 0.2) is 5.78 Å². The summed E-state index contributed by atoms with van der Waals surface area (Å²) in [6.07, 6.45) is 22.3. The van der Waals surface area contributed by atoms with E-state index in [-0.39, 0.29) is 17.9 Å². The summed E-state index contributed by atoms with van der Waals surface area (Å²) >= 11 is 1.93. The number of ether oxygens (including phenoxy) is 1. The van der Waals surface area contributed by atoms with Crippen molar-refractivity contribution in [3.05, 3.63) is 61.5 Å². The van der Waals surface area contributed by atoms with Crippen LogP contribution in [0.2, 0.25) is 0 Å². The van der Waals surface area contributed by atoms with Gasteiger partial charge in [0.2, 0.25) is 0 Å². The standard InChI is InChI=1S/C27H28N2O2S/c1-31-26-15-22(28-27(29-26)20-8-4-5-9-23(20)30)18-10-11-19-21-12-16-6-2-3-7-17(16)13-25(21)32-24(19)14-18/h2,5-6,9,11,13-14,16,18,26,29H,3-4,7-8,10,12,15H2,1H3. The molecule has 5 heteroatoms. The zero-order chi connectivity index (χ0) is 21.7. The molecule has 1 aromatic heterocycles. The van der Waals surface area contributed by atoms with E-state index in [0.717, 1.165) is 43.4 Å². The first kappa shape index (κ1) is 20.1. The number of allylic oxidation sites excluding steroid dienone is 6. The van der Waals surface area contributed by atoms with E-state index < -0.39 is 0 Å². The van der Waals surface area contributed by atoms with Crippen LogP contribution in [0.4, 0.5) is 0 Å². The molecule has 0 radical (unpaired) electrons. The smallest absolute Gasteiger partial charge is 0.185 e. The van der Waals surface area contributed by atoms with E-state index >= 15 is 0 Å². The minimum Gasteiger partial charge on any atom is -0.361 e. The maximum absolute atomic E-state index is 12.4. The lowest BCUT2D eigenvalue weighted by Crippen LogP contribution is -2.40. The molecule has 4 nitrogen and oxygen atoms in total. The molecule has 1 aromatic rings. The van der Waals surface area contributed by atoms with E-state index in [4.69, 9.17) is 9.73 Å². The van der Waals surface area contributed by atoms with Crippen LogP contribution in [0.1, 0.15) is 49.0 Å². The van der Waals surface area contributed by atoms with Gasteiger partial charge < -0.3 is 10.1 Å². The predicted octanol–water partition coefficient (Wildman–Crippen LogP) is 3.77. The molecule has 2 heterocycles. The second-order valence-corrected chi connectivity index (χ2v) is 10.3. The van der Waals surface area contributed by atoms with Gasteiger partial charge in [-0.2, -0.15) is 0 Å². The summed E-state index contributed by atoms with van der Waals surface area (Å²) < 4.78 is 7.05. The Kier molecular flexibility index (Phi) is 5.11. The Bertz CT molecular complexity index is 1260. The number of nitrogens with zero attached hydrogens (tertiary/aromatic N) is 1. The van der Waals surface area contributed by atoms with Crippen LogP contribution >= 0.6 is 11.3 Å². The van der Waals surface area contributed by atoms with Crippen LogP contribution in [0.25, 0.3) is 18.2 Å². The monoisotopic (exact) mass is 444 g/mol. The van der Waals surface area contributed by atoms with Gasteiger partial charge in [0.05, 0.1) is 0 Å². The molecule has 32 heavy (non-hydrogen) atoms. The number of methoxy groups -OCH3 is 1. The summed E-state index contributed by atoms with van der Waals surface area (Å²) in [6, 6.07) is 0. The van der Waals surface area contributed by atoms with Crippen LogP contribution < -0.4 is 15.1 Å². The minimum atomic E-state index is -0.144. The molecule has 0 saturated carbocycles. The van der Waals surface area contributed by atoms with E-state index in [9.17, 15) is 4.79 Å². The Morgan fingerprint density at radius 3 is 2.94 bits per heavy atom. The summed E-state index contributed by atoms with van der Waals surface area (Å²) in [4.78, 5) is 18.9. The van der Waals surface area contributed by atoms with Gasteiger partial charge in [-0.25, -0.2) is 4.99 Å². The molecule has 6 rings (SSSR count). The van der Waals surface area contributed by atoms with Gasteiger partial charge in [-0.3, -0.25) is 4.79 Å². The number of aliphatic imine (C=N–C) groups is 1. The molecular weight excluding hydrogens is 416 g/mol. The Labute approximate surface area is 192 Å². The summed E-state index contributed by atoms with van der Waals surface area (Å²) in [7, 11) is 1.72. The fourth-order valence-corrected chi connectivity index (χ4v) is 6.84. The number of hydrogen-bond donors (Lipinski definition) is 1. The number of hydrogen-bond acceptors (Lipinski definition) is 5. The van der Waals surface area contributed by atoms with Gasteiger partial charge in [-0.05, 0) is 61.5 Å². The van der Waals surface area contributed by atoms with Gasteiger partial charge >= 0.3 is 0 Å². The number of thiophene rings is 1. The van der Waals surface area contributed by atoms with Crippen LogP contribution in [0.3, 0.4) is 0 Å². The van der Waals surface area contributed by atoms with E-state index in [1.165, 1.54) is 33.0 Å². The van der Waals surface area contributed by atoms with Crippen molar-refractivity contribution in [3.63, 3.8) is 0 Å². The van der Waals surface area contributed by atoms with Gasteiger partial charge in [-0.15, -0.1) is 11.3 Å². The number of carbonyl (C=O) groups is 1. The third-order valence-electron chi connectivity index (χ3n) is 7.29. The molecule has 0 aromatic carbocycles. The van der Waals surface area contributed by atoms with Crippen LogP contribution in [-0.2, 0) is 16.0 Å². The number of nitrogens with one attached hydrogen (secondary N) is 1. The van der Waals surface area contributed by atoms with E-state index in [0.29, 0.717) is 11.7 Å². The summed E-state index contributed by atoms with van der Waals surface area (Å²) in [6.45, 7) is 0. The van der Waals surface area contributed by atoms with Crippen LogP contribution in [0, 0.1) is 11.8 Å². The maximum atomic E-state index is 12.4. The number of fused-ring (bicyclic) bond motifs is 4. The van der Waals surface area contributed by atoms with Gasteiger partial charge in [0.1, 0.15) is 12.0 Å². The van der Waals surface area contributed by atoms with E-state index in [1.807, 2.05) is 17.4 Å². The van der Waals surface area contributed by atoms with E-state index in [2.05, 4.69) is 35.7 Å². The lowest BCUT2D eigenvalue weighted by molar-refractivity contribution is -0.111. The molecule has 0 amide bonds. The SMILES string of the molecule is COC1CC(C2C=c3sc4c(c3=CC2)CC2C=CCCC2=C4)=NC(=C2CCC=CC2=O)N1. The van der Waals surface area contributed by atoms with Crippen LogP contribution in [0.5, 0.6) is 0 Å². The average Bonchev–Trinajstić information content (AvgIpc) is 3.19. The highest BCUT2D eigenvalue weighted by Gasteiger charge is 2.29. The highest BCUT2D eigenvalue weighted by Crippen LogP contribution is 2.35. The third-order valence-corrected chi connectivity index (χ3v) is 8.46. The number of carbonyl (C=O) groups excluding carboxylic acids is 1. The Hall–Kier alpha value is -2.50. The quantitative estimate of drug-likeness (QED) is 0.558. The highest BCUT2D eigenvalue weighted by atomic mass is 32.1. The molecular formula is C27H28N2O2S. The second-order valence-electron chi connectivity index (χ2n) is 9.24. The summed E-state index contributed by atoms with van der Waals surface area (Å²) in [5.74, 6) is 1.61. The topological polar surface area (TPSA) is 50.7 Å². The average molecular weight is 445 g/mol. The highest BCUT2D eigenvalue weighted by molar-refractivity contribution is 7.11. The normalized spacial score (nSPS) is 30.8. The molecule has 0 bridgehead atoms. The fourth-order valence-electron chi connectivity index (χ4n) is 5.53. The van der Waals surface area contributed by atoms with Crippen molar-refractivity contribution in [2.45, 2.75) is 51.2 Å². The van der Waals surface area contributed by atoms with Crippen molar-refractivity contribution < 1.29 is 9.53 Å². The molecule has 4 aliphatic carbocycles. The van der Waals surface area contributed by atoms with Crippen molar-refractivity contribution in [1.82, 2.24) is 5.32 Å². The van der Waals surface area contributed by atoms with Crippen LogP contribution in [-0.4, -0.2) is 24.8 Å². The van der Waals surface area contributed by atoms with Gasteiger partial charge in [0, 0.05) is 46.1 Å². The molecule has 1 N–H and O–H groups in total. The molecule has 5 aliphatic rings. The van der Waals surface area contributed by atoms with Crippen molar-refractivity contribution >= 4 is 41.1 Å². The first-order valence-corrected chi connectivity index (χ1v) is 12.5. The molecule has 0 spiro atoms. The van der Waals surface area contributed by atoms with E-state index in [1.54, 1.807) is 18.8 Å². The lowest BCUT2D eigenvalue weighted by Gasteiger charge is -2.29. The van der Waals surface area contributed by atoms with Crippen molar-refractivity contribution in [2.75, 3.05) is 7.11 Å². The van der Waals surface area contributed by atoms with Gasteiger partial charge in [-0.1, -0.05) is 36.0 Å². The zero-order valence-electron chi connectivity index (χ0n) is 18.4. The zero-order valence-corrected chi connectivity index (χ0v) is 19.2. The minimum absolute atomic E-state index is 0.0644. The second kappa shape index (κ2) is 8.13. The number of rotatable bonds is 2. The molecule has 3 unspecified atom stereocenters. The summed E-state index contributed by atoms with van der Waals surface area (Å²) in [5, 5.41) is 4.78. The van der Waals surface area contributed by atoms with Crippen LogP contribution in [0.15, 0.2) is 46.3 Å². The van der Waals surface area contributed by atoms with Crippen molar-refractivity contribution in [3.8, 4) is 0 Å². The third kappa shape index (κ3) is 3.48. The van der Waals surface area contributed by atoms with Gasteiger partial charge in [0.25, 0.3) is 0 Å². The van der Waals surface area contributed by atoms with Crippen molar-refractivity contribution in [1.29, 1.82) is 0 Å². The molecule has 164 valence electrons. The Morgan fingerprint density at radius 2 is 2.06 bits per heavy atom. The first-order valence-electron chi connectivity index (χ1n) is 11.7. The number of ketones is 1. The molecule has 1 aliphatic heterocycles. The summed E-state index contributed by atoms with van der Waals surface area (Å²) in [5.41, 5.74) is 5.03. The lowest BCUT2D eigenvalue weighted by atomic mass is 9.80. The first-order chi connectivity index (χ1) is 15.7. The maximum Gasteiger partial charge on any atom is 0.185 e. The fraction of sp³-hybridized carbons (Fsp3) is 0.407. The Morgan fingerprint density at radius 1 is 1.16 bits per heavy atom. The molecule has 0 saturated heterocycles. The largest absolute Gasteiger partial charge is 0.361 e. The molecule has 0 fully saturated rings. The molecule has 3 atom stereocenters. The Balaban J connectivity index is 1.37. The predicted molar refractivity (Wildman–Crippen MR) is 131 cm³/mol. The van der Waals surface area contributed by atoms with Crippen molar-refractivity contribution in [2.24, 2.45) is 16.8 Å².